The number of halogens is 2. The highest BCUT2D eigenvalue weighted by atomic mass is 35.5. The van der Waals surface area contributed by atoms with E-state index in [1.807, 2.05) is 24.3 Å². The Kier molecular flexibility index (Phi) is 7.60. The molecule has 36 heavy (non-hydrogen) atoms. The molecule has 184 valence electrons. The van der Waals surface area contributed by atoms with E-state index in [2.05, 4.69) is 20.4 Å². The zero-order chi connectivity index (χ0) is 25.7. The first-order valence-corrected chi connectivity index (χ1v) is 11.4. The van der Waals surface area contributed by atoms with Gasteiger partial charge in [-0.05, 0) is 53.6 Å². The minimum atomic E-state index is -0.312. The highest BCUT2D eigenvalue weighted by Crippen LogP contribution is 2.31. The fourth-order valence-electron chi connectivity index (χ4n) is 3.37. The average Bonchev–Trinajstić information content (AvgIpc) is 2.86. The SMILES string of the molecule is CN(C)C(=N)N(C)/N=C/c1ccc2ncnc(Nc3ccc(OCc4cccc(F)c4)c(Cl)c3)c2c1. The molecule has 1 aromatic heterocycles. The van der Waals surface area contributed by atoms with Gasteiger partial charge in [-0.3, -0.25) is 5.41 Å². The lowest BCUT2D eigenvalue weighted by molar-refractivity contribution is 0.306. The van der Waals surface area contributed by atoms with Gasteiger partial charge in [0.2, 0.25) is 5.96 Å². The lowest BCUT2D eigenvalue weighted by atomic mass is 10.1. The van der Waals surface area contributed by atoms with Crippen molar-refractivity contribution in [1.29, 1.82) is 5.41 Å². The van der Waals surface area contributed by atoms with Crippen molar-refractivity contribution in [3.8, 4) is 5.75 Å². The number of rotatable bonds is 7. The lowest BCUT2D eigenvalue weighted by Gasteiger charge is -2.20. The first-order valence-electron chi connectivity index (χ1n) is 11.0. The van der Waals surface area contributed by atoms with Crippen molar-refractivity contribution in [2.45, 2.75) is 6.61 Å². The number of benzene rings is 3. The molecule has 0 atom stereocenters. The van der Waals surface area contributed by atoms with Crippen LogP contribution in [0.1, 0.15) is 11.1 Å². The molecule has 0 radical (unpaired) electrons. The summed E-state index contributed by atoms with van der Waals surface area (Å²) < 4.78 is 19.1. The van der Waals surface area contributed by atoms with Crippen LogP contribution in [0, 0.1) is 11.2 Å². The Balaban J connectivity index is 1.51. The van der Waals surface area contributed by atoms with Crippen molar-refractivity contribution in [1.82, 2.24) is 19.9 Å². The van der Waals surface area contributed by atoms with Gasteiger partial charge in [-0.25, -0.2) is 19.4 Å². The van der Waals surface area contributed by atoms with Crippen LogP contribution in [0.5, 0.6) is 5.75 Å². The summed E-state index contributed by atoms with van der Waals surface area (Å²) in [7, 11) is 5.29. The number of guanidine groups is 1. The molecule has 0 aliphatic rings. The zero-order valence-corrected chi connectivity index (χ0v) is 20.8. The molecule has 0 amide bonds. The summed E-state index contributed by atoms with van der Waals surface area (Å²) in [5.41, 5.74) is 3.03. The second kappa shape index (κ2) is 11.0. The highest BCUT2D eigenvalue weighted by molar-refractivity contribution is 6.32. The predicted molar refractivity (Wildman–Crippen MR) is 142 cm³/mol. The normalized spacial score (nSPS) is 11.0. The third-order valence-corrected chi connectivity index (χ3v) is 5.54. The number of hydrogen-bond donors (Lipinski definition) is 2. The van der Waals surface area contributed by atoms with Crippen LogP contribution in [-0.2, 0) is 6.61 Å². The Hall–Kier alpha value is -4.24. The number of aromatic nitrogens is 2. The summed E-state index contributed by atoms with van der Waals surface area (Å²) >= 11 is 6.44. The molecule has 4 rings (SSSR count). The fourth-order valence-corrected chi connectivity index (χ4v) is 3.61. The number of hydrogen-bond acceptors (Lipinski definition) is 6. The largest absolute Gasteiger partial charge is 0.487 e. The summed E-state index contributed by atoms with van der Waals surface area (Å²) in [6, 6.07) is 17.3. The fraction of sp³-hybridized carbons (Fsp3) is 0.154. The van der Waals surface area contributed by atoms with E-state index < -0.39 is 0 Å². The molecule has 0 aliphatic carbocycles. The van der Waals surface area contributed by atoms with Crippen LogP contribution < -0.4 is 10.1 Å². The Morgan fingerprint density at radius 3 is 2.69 bits per heavy atom. The van der Waals surface area contributed by atoms with Crippen LogP contribution in [0.25, 0.3) is 10.9 Å². The van der Waals surface area contributed by atoms with Gasteiger partial charge in [-0.1, -0.05) is 29.8 Å². The van der Waals surface area contributed by atoms with Crippen LogP contribution in [0.15, 0.2) is 72.1 Å². The molecule has 0 bridgehead atoms. The van der Waals surface area contributed by atoms with E-state index in [-0.39, 0.29) is 18.4 Å². The molecule has 4 aromatic rings. The van der Waals surface area contributed by atoms with Crippen molar-refractivity contribution >= 4 is 46.2 Å². The van der Waals surface area contributed by atoms with Crippen molar-refractivity contribution in [2.24, 2.45) is 5.10 Å². The average molecular weight is 506 g/mol. The molecule has 0 saturated carbocycles. The second-order valence-electron chi connectivity index (χ2n) is 8.17. The van der Waals surface area contributed by atoms with Gasteiger partial charge in [0.15, 0.2) is 0 Å². The number of anilines is 2. The third kappa shape index (κ3) is 6.05. The van der Waals surface area contributed by atoms with E-state index in [4.69, 9.17) is 21.7 Å². The molecule has 10 heteroatoms. The minimum absolute atomic E-state index is 0.203. The molecule has 0 unspecified atom stereocenters. The van der Waals surface area contributed by atoms with Crippen molar-refractivity contribution in [2.75, 3.05) is 26.5 Å². The van der Waals surface area contributed by atoms with Gasteiger partial charge in [-0.2, -0.15) is 5.10 Å². The second-order valence-corrected chi connectivity index (χ2v) is 8.58. The standard InChI is InChI=1S/C26H25ClFN7O/c1-34(2)26(29)35(3)32-14-17-7-9-23-21(12-17)25(31-16-30-23)33-20-8-10-24(22(27)13-20)36-15-18-5-4-6-19(28)11-18/h4-14,16,29H,15H2,1-3H3,(H,30,31,33)/b29-26?,32-14+. The maximum absolute atomic E-state index is 13.4. The Morgan fingerprint density at radius 2 is 1.94 bits per heavy atom. The number of ether oxygens (including phenoxy) is 1. The van der Waals surface area contributed by atoms with Crippen LogP contribution in [0.2, 0.25) is 5.02 Å². The summed E-state index contributed by atoms with van der Waals surface area (Å²) in [5, 5.41) is 18.3. The number of hydrazone groups is 1. The molecule has 1 heterocycles. The maximum atomic E-state index is 13.4. The topological polar surface area (TPSA) is 89.7 Å². The summed E-state index contributed by atoms with van der Waals surface area (Å²) in [6.07, 6.45) is 3.17. The zero-order valence-electron chi connectivity index (χ0n) is 20.0. The molecule has 0 fully saturated rings. The van der Waals surface area contributed by atoms with E-state index in [1.54, 1.807) is 56.5 Å². The smallest absolute Gasteiger partial charge is 0.213 e. The maximum Gasteiger partial charge on any atom is 0.213 e. The van der Waals surface area contributed by atoms with Crippen LogP contribution in [0.4, 0.5) is 15.9 Å². The van der Waals surface area contributed by atoms with Crippen LogP contribution in [-0.4, -0.2) is 53.2 Å². The number of fused-ring (bicyclic) bond motifs is 1. The number of nitrogens with zero attached hydrogens (tertiary/aromatic N) is 5. The Bertz CT molecular complexity index is 1430. The van der Waals surface area contributed by atoms with Crippen molar-refractivity contribution in [3.05, 3.63) is 89.0 Å². The van der Waals surface area contributed by atoms with E-state index in [9.17, 15) is 4.39 Å². The van der Waals surface area contributed by atoms with E-state index in [0.29, 0.717) is 22.2 Å². The van der Waals surface area contributed by atoms with Crippen molar-refractivity contribution < 1.29 is 9.13 Å². The van der Waals surface area contributed by atoms with Gasteiger partial charge >= 0.3 is 0 Å². The first-order chi connectivity index (χ1) is 17.3. The molecule has 0 aliphatic heterocycles. The van der Waals surface area contributed by atoms with E-state index in [0.717, 1.165) is 22.2 Å². The third-order valence-electron chi connectivity index (χ3n) is 5.25. The van der Waals surface area contributed by atoms with Gasteiger partial charge in [0.1, 0.15) is 30.3 Å². The monoisotopic (exact) mass is 505 g/mol. The van der Waals surface area contributed by atoms with Gasteiger partial charge in [0.05, 0.1) is 16.8 Å². The van der Waals surface area contributed by atoms with Crippen molar-refractivity contribution in [3.63, 3.8) is 0 Å². The minimum Gasteiger partial charge on any atom is -0.487 e. The molecular formula is C26H25ClFN7O. The van der Waals surface area contributed by atoms with Gasteiger partial charge in [0, 0.05) is 32.2 Å². The Morgan fingerprint density at radius 1 is 1.11 bits per heavy atom. The van der Waals surface area contributed by atoms with Gasteiger partial charge < -0.3 is 15.0 Å². The highest BCUT2D eigenvalue weighted by Gasteiger charge is 2.09. The van der Waals surface area contributed by atoms with Gasteiger partial charge in [0.25, 0.3) is 0 Å². The number of nitrogens with one attached hydrogen (secondary N) is 2. The molecule has 3 aromatic carbocycles. The molecular weight excluding hydrogens is 481 g/mol. The Labute approximate surface area is 213 Å². The summed E-state index contributed by atoms with van der Waals surface area (Å²) in [5.74, 6) is 1.05. The summed E-state index contributed by atoms with van der Waals surface area (Å²) in [6.45, 7) is 0.203. The lowest BCUT2D eigenvalue weighted by Crippen LogP contribution is -2.33. The molecule has 8 nitrogen and oxygen atoms in total. The van der Waals surface area contributed by atoms with E-state index >= 15 is 0 Å². The predicted octanol–water partition coefficient (Wildman–Crippen LogP) is 5.51. The van der Waals surface area contributed by atoms with Crippen LogP contribution >= 0.6 is 11.6 Å². The summed E-state index contributed by atoms with van der Waals surface area (Å²) in [4.78, 5) is 10.4. The van der Waals surface area contributed by atoms with Gasteiger partial charge in [-0.15, -0.1) is 0 Å². The van der Waals surface area contributed by atoms with E-state index in [1.165, 1.54) is 23.5 Å². The molecule has 2 N–H and O–H groups in total. The quantitative estimate of drug-likeness (QED) is 0.196. The molecule has 0 saturated heterocycles. The molecule has 0 spiro atoms. The first kappa shape index (κ1) is 24.9. The van der Waals surface area contributed by atoms with Crippen LogP contribution in [0.3, 0.4) is 0 Å².